The molecule has 0 aromatic heterocycles. The summed E-state index contributed by atoms with van der Waals surface area (Å²) in [5.74, 6) is 0.129. The number of carbonyl (C=O) groups is 2. The molecule has 172 valence electrons. The Morgan fingerprint density at radius 2 is 1.47 bits per heavy atom. The molecule has 0 aliphatic heterocycles. The third-order valence-electron chi connectivity index (χ3n) is 3.99. The normalized spacial score (nSPS) is 11.7. The molecule has 0 spiro atoms. The van der Waals surface area contributed by atoms with E-state index in [1.165, 1.54) is 27.2 Å². The van der Waals surface area contributed by atoms with Crippen molar-refractivity contribution in [3.05, 3.63) is 48.0 Å². The van der Waals surface area contributed by atoms with Crippen molar-refractivity contribution in [2.45, 2.75) is 16.9 Å². The molecule has 2 aromatic carbocycles. The molecule has 0 aliphatic carbocycles. The first-order chi connectivity index (χ1) is 15.0. The van der Waals surface area contributed by atoms with Crippen molar-refractivity contribution in [1.82, 2.24) is 10.6 Å². The minimum Gasteiger partial charge on any atom is -0.493 e. The van der Waals surface area contributed by atoms with E-state index in [1.807, 2.05) is 0 Å². The zero-order valence-corrected chi connectivity index (χ0v) is 20.4. The van der Waals surface area contributed by atoms with Gasteiger partial charge in [-0.1, -0.05) is 34.8 Å². The Labute approximate surface area is 205 Å². The van der Waals surface area contributed by atoms with E-state index in [2.05, 4.69) is 21.3 Å². The van der Waals surface area contributed by atoms with E-state index in [9.17, 15) is 9.59 Å². The molecule has 2 aromatic rings. The standard InChI is InChI=1S/C20H21Cl3N4O4S/c1-11(28)24-13-5-7-14(8-6-13)25-19(32)27-18(20(21,22)23)26-17(29)12-4-9-15(30-2)16(10-12)31-3/h4-10,18H,1-3H3,(H,24,28)(H,26,29)(H2,25,27,32). The highest BCUT2D eigenvalue weighted by Crippen LogP contribution is 2.30. The van der Waals surface area contributed by atoms with Crippen molar-refractivity contribution in [2.75, 3.05) is 24.9 Å². The first-order valence-electron chi connectivity index (χ1n) is 9.08. The summed E-state index contributed by atoms with van der Waals surface area (Å²) in [4.78, 5) is 23.8. The average molecular weight is 520 g/mol. The smallest absolute Gasteiger partial charge is 0.253 e. The van der Waals surface area contributed by atoms with Gasteiger partial charge in [0.25, 0.3) is 5.91 Å². The number of carbonyl (C=O) groups excluding carboxylic acids is 2. The van der Waals surface area contributed by atoms with Gasteiger partial charge in [0.1, 0.15) is 6.17 Å². The maximum atomic E-state index is 12.7. The fourth-order valence-electron chi connectivity index (χ4n) is 2.53. The number of thiocarbonyl (C=S) groups is 1. The third-order valence-corrected chi connectivity index (χ3v) is 4.86. The average Bonchev–Trinajstić information content (AvgIpc) is 2.73. The molecule has 0 fully saturated rings. The molecule has 4 N–H and O–H groups in total. The van der Waals surface area contributed by atoms with Gasteiger partial charge in [0.2, 0.25) is 9.70 Å². The van der Waals surface area contributed by atoms with Crippen molar-refractivity contribution in [2.24, 2.45) is 0 Å². The Bertz CT molecular complexity index is 984. The highest BCUT2D eigenvalue weighted by molar-refractivity contribution is 7.80. The summed E-state index contributed by atoms with van der Waals surface area (Å²) in [6.45, 7) is 1.42. The molecule has 32 heavy (non-hydrogen) atoms. The molecule has 8 nitrogen and oxygen atoms in total. The quantitative estimate of drug-likeness (QED) is 0.248. The van der Waals surface area contributed by atoms with Gasteiger partial charge >= 0.3 is 0 Å². The number of benzene rings is 2. The van der Waals surface area contributed by atoms with Gasteiger partial charge in [0.05, 0.1) is 14.2 Å². The second-order valence-corrected chi connectivity index (χ2v) is 9.15. The van der Waals surface area contributed by atoms with Crippen LogP contribution in [-0.4, -0.2) is 41.1 Å². The van der Waals surface area contributed by atoms with Crippen molar-refractivity contribution < 1.29 is 19.1 Å². The van der Waals surface area contributed by atoms with E-state index < -0.39 is 15.9 Å². The molecule has 1 unspecified atom stereocenters. The molecule has 0 aliphatic rings. The van der Waals surface area contributed by atoms with Crippen LogP contribution in [0, 0.1) is 0 Å². The fourth-order valence-corrected chi connectivity index (χ4v) is 3.09. The molecular formula is C20H21Cl3N4O4S. The molecular weight excluding hydrogens is 499 g/mol. The van der Waals surface area contributed by atoms with Crippen molar-refractivity contribution in [3.8, 4) is 11.5 Å². The lowest BCUT2D eigenvalue weighted by Crippen LogP contribution is -2.56. The van der Waals surface area contributed by atoms with Crippen LogP contribution in [0.5, 0.6) is 11.5 Å². The van der Waals surface area contributed by atoms with E-state index in [0.717, 1.165) is 0 Å². The van der Waals surface area contributed by atoms with Crippen LogP contribution in [0.2, 0.25) is 0 Å². The van der Waals surface area contributed by atoms with Gasteiger partial charge in [-0.05, 0) is 54.7 Å². The number of hydrogen-bond acceptors (Lipinski definition) is 5. The summed E-state index contributed by atoms with van der Waals surface area (Å²) in [5.41, 5.74) is 1.50. The topological polar surface area (TPSA) is 101 Å². The van der Waals surface area contributed by atoms with E-state index in [4.69, 9.17) is 56.5 Å². The number of alkyl halides is 3. The van der Waals surface area contributed by atoms with Gasteiger partial charge in [-0.25, -0.2) is 0 Å². The lowest BCUT2D eigenvalue weighted by molar-refractivity contribution is -0.114. The third kappa shape index (κ3) is 7.59. The van der Waals surface area contributed by atoms with Crippen LogP contribution in [-0.2, 0) is 4.79 Å². The number of halogens is 3. The Morgan fingerprint density at radius 1 is 0.906 bits per heavy atom. The minimum atomic E-state index is -1.92. The summed E-state index contributed by atoms with van der Waals surface area (Å²) in [6, 6.07) is 11.4. The first kappa shape index (κ1) is 25.8. The predicted octanol–water partition coefficient (Wildman–Crippen LogP) is 4.07. The van der Waals surface area contributed by atoms with Crippen LogP contribution in [0.4, 0.5) is 11.4 Å². The van der Waals surface area contributed by atoms with Crippen LogP contribution in [0.25, 0.3) is 0 Å². The largest absolute Gasteiger partial charge is 0.493 e. The summed E-state index contributed by atoms with van der Waals surface area (Å²) < 4.78 is 8.45. The SMILES string of the molecule is COc1ccc(C(=O)NC(NC(=S)Nc2ccc(NC(C)=O)cc2)C(Cl)(Cl)Cl)cc1OC. The molecule has 0 saturated carbocycles. The zero-order chi connectivity index (χ0) is 23.9. The Morgan fingerprint density at radius 3 is 1.97 bits per heavy atom. The van der Waals surface area contributed by atoms with Crippen molar-refractivity contribution in [3.63, 3.8) is 0 Å². The maximum absolute atomic E-state index is 12.7. The van der Waals surface area contributed by atoms with Crippen LogP contribution in [0.3, 0.4) is 0 Å². The van der Waals surface area contributed by atoms with Gasteiger partial charge in [0.15, 0.2) is 16.6 Å². The van der Waals surface area contributed by atoms with Crippen molar-refractivity contribution >= 4 is 75.3 Å². The van der Waals surface area contributed by atoms with E-state index in [0.29, 0.717) is 22.9 Å². The lowest BCUT2D eigenvalue weighted by Gasteiger charge is -2.28. The number of hydrogen-bond donors (Lipinski definition) is 4. The summed E-state index contributed by atoms with van der Waals surface area (Å²) in [6.07, 6.45) is -1.16. The van der Waals surface area contributed by atoms with Crippen LogP contribution < -0.4 is 30.7 Å². The second-order valence-electron chi connectivity index (χ2n) is 6.37. The zero-order valence-electron chi connectivity index (χ0n) is 17.3. The van der Waals surface area contributed by atoms with Gasteiger partial charge in [-0.15, -0.1) is 0 Å². The number of nitrogens with one attached hydrogen (secondary N) is 4. The molecule has 1 atom stereocenters. The van der Waals surface area contributed by atoms with Gasteiger partial charge in [0, 0.05) is 23.9 Å². The van der Waals surface area contributed by atoms with Gasteiger partial charge < -0.3 is 30.7 Å². The minimum absolute atomic E-state index is 0.0983. The van der Waals surface area contributed by atoms with Crippen LogP contribution in [0.15, 0.2) is 42.5 Å². The Kier molecular flexibility index (Phi) is 9.21. The Hall–Kier alpha value is -2.46. The van der Waals surface area contributed by atoms with Gasteiger partial charge in [-0.3, -0.25) is 9.59 Å². The molecule has 2 amide bonds. The number of ether oxygens (including phenoxy) is 2. The van der Waals surface area contributed by atoms with E-state index in [1.54, 1.807) is 36.4 Å². The molecule has 12 heteroatoms. The molecule has 0 bridgehead atoms. The lowest BCUT2D eigenvalue weighted by atomic mass is 10.2. The Balaban J connectivity index is 2.07. The summed E-state index contributed by atoms with van der Waals surface area (Å²) in [7, 11) is 2.94. The van der Waals surface area contributed by atoms with E-state index in [-0.39, 0.29) is 16.6 Å². The molecule has 0 saturated heterocycles. The number of methoxy groups -OCH3 is 2. The molecule has 0 heterocycles. The maximum Gasteiger partial charge on any atom is 0.253 e. The van der Waals surface area contributed by atoms with E-state index >= 15 is 0 Å². The highest BCUT2D eigenvalue weighted by atomic mass is 35.6. The number of amides is 2. The number of anilines is 2. The van der Waals surface area contributed by atoms with Crippen LogP contribution >= 0.6 is 47.0 Å². The first-order valence-corrected chi connectivity index (χ1v) is 10.6. The van der Waals surface area contributed by atoms with Crippen LogP contribution in [0.1, 0.15) is 17.3 Å². The predicted molar refractivity (Wildman–Crippen MR) is 131 cm³/mol. The monoisotopic (exact) mass is 518 g/mol. The van der Waals surface area contributed by atoms with Crippen molar-refractivity contribution in [1.29, 1.82) is 0 Å². The highest BCUT2D eigenvalue weighted by Gasteiger charge is 2.35. The molecule has 2 rings (SSSR count). The summed E-state index contributed by atoms with van der Waals surface area (Å²) in [5, 5.41) is 11.0. The summed E-state index contributed by atoms with van der Waals surface area (Å²) >= 11 is 23.4. The fraction of sp³-hybridized carbons (Fsp3) is 0.250. The second kappa shape index (κ2) is 11.4. The molecule has 0 radical (unpaired) electrons. The van der Waals surface area contributed by atoms with Gasteiger partial charge in [-0.2, -0.15) is 0 Å². The number of rotatable bonds is 7.